The quantitative estimate of drug-likeness (QED) is 0.259. The van der Waals surface area contributed by atoms with Crippen molar-refractivity contribution in [2.24, 2.45) is 0 Å². The van der Waals surface area contributed by atoms with Gasteiger partial charge in [0.15, 0.2) is 23.0 Å². The average Bonchev–Trinajstić information content (AvgIpc) is 2.50. The van der Waals surface area contributed by atoms with Crippen LogP contribution in [0, 0.1) is 0 Å². The summed E-state index contributed by atoms with van der Waals surface area (Å²) >= 11 is 13.7. The molecule has 0 aliphatic heterocycles. The number of esters is 1. The lowest BCUT2D eigenvalue weighted by Gasteiger charge is -2.16. The summed E-state index contributed by atoms with van der Waals surface area (Å²) in [5, 5.41) is 0. The Kier molecular flexibility index (Phi) is 7.79. The molecule has 2 aromatic carbocycles. The zero-order valence-electron chi connectivity index (χ0n) is 13.4. The van der Waals surface area contributed by atoms with Gasteiger partial charge >= 0.3 is 5.97 Å². The van der Waals surface area contributed by atoms with E-state index in [0.717, 1.165) is 13.4 Å². The number of carbonyl (C=O) groups excluding carboxylic acids is 1. The van der Waals surface area contributed by atoms with E-state index >= 15 is 0 Å². The van der Waals surface area contributed by atoms with Crippen LogP contribution in [0.3, 0.4) is 0 Å². The number of benzene rings is 2. The molecular weight excluding hydrogens is 588 g/mol. The maximum absolute atomic E-state index is 11.9. The molecule has 0 heterocycles. The van der Waals surface area contributed by atoms with Crippen LogP contribution in [0.1, 0.15) is 19.8 Å². The zero-order valence-corrected chi connectivity index (χ0v) is 19.7. The van der Waals surface area contributed by atoms with Gasteiger partial charge in [-0.3, -0.25) is 4.79 Å². The van der Waals surface area contributed by atoms with Gasteiger partial charge in [-0.1, -0.05) is 38.8 Å². The van der Waals surface area contributed by atoms with Gasteiger partial charge in [-0.05, 0) is 62.5 Å². The van der Waals surface area contributed by atoms with Gasteiger partial charge in [-0.25, -0.2) is 0 Å². The molecule has 0 fully saturated rings. The predicted octanol–water partition coefficient (Wildman–Crippen LogP) is 7.24. The first-order chi connectivity index (χ1) is 11.8. The van der Waals surface area contributed by atoms with E-state index in [1.165, 1.54) is 0 Å². The number of hydrogen-bond acceptors (Lipinski definition) is 4. The number of halogens is 4. The van der Waals surface area contributed by atoms with Gasteiger partial charge in [0.05, 0.1) is 16.1 Å². The van der Waals surface area contributed by atoms with Crippen LogP contribution in [-0.4, -0.2) is 13.1 Å². The first-order valence-electron chi connectivity index (χ1n) is 7.26. The fraction of sp³-hybridized carbons (Fsp3) is 0.235. The third kappa shape index (κ3) is 5.45. The van der Waals surface area contributed by atoms with Crippen molar-refractivity contribution in [3.8, 4) is 23.0 Å². The molecule has 2 rings (SSSR count). The average molecular weight is 602 g/mol. The molecular formula is C17H14Br4O4. The second-order valence-electron chi connectivity index (χ2n) is 4.96. The van der Waals surface area contributed by atoms with E-state index in [4.69, 9.17) is 14.2 Å². The minimum atomic E-state index is -0.320. The van der Waals surface area contributed by atoms with Crippen LogP contribution >= 0.6 is 63.7 Å². The third-order valence-electron chi connectivity index (χ3n) is 3.04. The van der Waals surface area contributed by atoms with Gasteiger partial charge in [0.2, 0.25) is 0 Å². The van der Waals surface area contributed by atoms with Crippen molar-refractivity contribution in [3.63, 3.8) is 0 Å². The highest BCUT2D eigenvalue weighted by atomic mass is 79.9. The van der Waals surface area contributed by atoms with Crippen molar-refractivity contribution in [1.82, 2.24) is 0 Å². The molecule has 0 aliphatic rings. The number of carbonyl (C=O) groups is 1. The monoisotopic (exact) mass is 598 g/mol. The summed E-state index contributed by atoms with van der Waals surface area (Å²) in [6.45, 7) is 1.92. The van der Waals surface area contributed by atoms with E-state index in [0.29, 0.717) is 40.3 Å². The summed E-state index contributed by atoms with van der Waals surface area (Å²) in [6, 6.07) is 7.12. The second kappa shape index (κ2) is 9.39. The van der Waals surface area contributed by atoms with E-state index in [2.05, 4.69) is 63.7 Å². The van der Waals surface area contributed by atoms with E-state index < -0.39 is 0 Å². The molecule has 4 nitrogen and oxygen atoms in total. The Morgan fingerprint density at radius 3 is 2.04 bits per heavy atom. The van der Waals surface area contributed by atoms with Gasteiger partial charge in [0, 0.05) is 15.4 Å². The number of ether oxygens (including phenoxy) is 3. The third-order valence-corrected chi connectivity index (χ3v) is 5.14. The van der Waals surface area contributed by atoms with E-state index in [9.17, 15) is 4.79 Å². The van der Waals surface area contributed by atoms with Crippen molar-refractivity contribution in [2.45, 2.75) is 19.8 Å². The van der Waals surface area contributed by atoms with Crippen LogP contribution < -0.4 is 14.2 Å². The molecule has 0 radical (unpaired) electrons. The maximum atomic E-state index is 11.9. The summed E-state index contributed by atoms with van der Waals surface area (Å²) in [6.07, 6.45) is 1.03. The Labute approximate surface area is 179 Å². The van der Waals surface area contributed by atoms with Crippen LogP contribution in [0.5, 0.6) is 23.0 Å². The fourth-order valence-electron chi connectivity index (χ4n) is 2.01. The standard InChI is InChI=1S/C17H14Br4O4/c1-3-4-15(22)24-14-8-10(19)6-12(21)17(14)25-13-7-9(18)5-11(20)16(13)23-2/h5-8H,3-4H2,1-2H3. The van der Waals surface area contributed by atoms with Gasteiger partial charge in [-0.15, -0.1) is 0 Å². The van der Waals surface area contributed by atoms with Crippen molar-refractivity contribution in [2.75, 3.05) is 7.11 Å². The molecule has 8 heteroatoms. The van der Waals surface area contributed by atoms with Crippen molar-refractivity contribution in [1.29, 1.82) is 0 Å². The highest BCUT2D eigenvalue weighted by molar-refractivity contribution is 9.11. The van der Waals surface area contributed by atoms with E-state index in [-0.39, 0.29) is 5.97 Å². The number of methoxy groups -OCH3 is 1. The molecule has 0 bridgehead atoms. The zero-order chi connectivity index (χ0) is 18.6. The molecule has 0 amide bonds. The second-order valence-corrected chi connectivity index (χ2v) is 8.50. The molecule has 0 saturated carbocycles. The Hall–Kier alpha value is -0.570. The lowest BCUT2D eigenvalue weighted by Crippen LogP contribution is -2.08. The summed E-state index contributed by atoms with van der Waals surface area (Å²) in [5.41, 5.74) is 0. The summed E-state index contributed by atoms with van der Waals surface area (Å²) in [7, 11) is 1.56. The van der Waals surface area contributed by atoms with Crippen LogP contribution in [0.25, 0.3) is 0 Å². The van der Waals surface area contributed by atoms with Crippen molar-refractivity contribution < 1.29 is 19.0 Å². The van der Waals surface area contributed by atoms with Crippen LogP contribution in [0.15, 0.2) is 42.2 Å². The molecule has 0 N–H and O–H groups in total. The predicted molar refractivity (Wildman–Crippen MR) is 111 cm³/mol. The SMILES string of the molecule is CCCC(=O)Oc1cc(Br)cc(Br)c1Oc1cc(Br)cc(Br)c1OC. The molecule has 0 unspecified atom stereocenters. The number of rotatable bonds is 6. The Bertz CT molecular complexity index is 793. The minimum Gasteiger partial charge on any atom is -0.492 e. The van der Waals surface area contributed by atoms with Crippen LogP contribution in [-0.2, 0) is 4.79 Å². The molecule has 0 aromatic heterocycles. The van der Waals surface area contributed by atoms with Crippen LogP contribution in [0.4, 0.5) is 0 Å². The van der Waals surface area contributed by atoms with E-state index in [1.54, 1.807) is 19.2 Å². The summed E-state index contributed by atoms with van der Waals surface area (Å²) in [4.78, 5) is 11.9. The topological polar surface area (TPSA) is 44.8 Å². The lowest BCUT2D eigenvalue weighted by atomic mass is 10.3. The maximum Gasteiger partial charge on any atom is 0.311 e. The summed E-state index contributed by atoms with van der Waals surface area (Å²) in [5.74, 6) is 1.39. The first-order valence-corrected chi connectivity index (χ1v) is 10.4. The van der Waals surface area contributed by atoms with E-state index in [1.807, 2.05) is 19.1 Å². The highest BCUT2D eigenvalue weighted by Crippen LogP contribution is 2.46. The van der Waals surface area contributed by atoms with Gasteiger partial charge < -0.3 is 14.2 Å². The largest absolute Gasteiger partial charge is 0.492 e. The fourth-order valence-corrected chi connectivity index (χ4v) is 4.62. The minimum absolute atomic E-state index is 0.317. The number of hydrogen-bond donors (Lipinski definition) is 0. The Balaban J connectivity index is 2.47. The molecule has 134 valence electrons. The van der Waals surface area contributed by atoms with Gasteiger partial charge in [-0.2, -0.15) is 0 Å². The summed E-state index contributed by atoms with van der Waals surface area (Å²) < 4.78 is 19.8. The Morgan fingerprint density at radius 2 is 1.48 bits per heavy atom. The van der Waals surface area contributed by atoms with Gasteiger partial charge in [0.25, 0.3) is 0 Å². The molecule has 0 spiro atoms. The first kappa shape index (κ1) is 20.7. The molecule has 0 atom stereocenters. The molecule has 2 aromatic rings. The lowest BCUT2D eigenvalue weighted by molar-refractivity contribution is -0.134. The smallest absolute Gasteiger partial charge is 0.311 e. The molecule has 25 heavy (non-hydrogen) atoms. The molecule has 0 saturated heterocycles. The molecule has 0 aliphatic carbocycles. The highest BCUT2D eigenvalue weighted by Gasteiger charge is 2.19. The van der Waals surface area contributed by atoms with Crippen LogP contribution in [0.2, 0.25) is 0 Å². The Morgan fingerprint density at radius 1 is 0.920 bits per heavy atom. The normalized spacial score (nSPS) is 10.5. The van der Waals surface area contributed by atoms with Crippen molar-refractivity contribution in [3.05, 3.63) is 42.2 Å². The van der Waals surface area contributed by atoms with Crippen molar-refractivity contribution >= 4 is 69.7 Å². The van der Waals surface area contributed by atoms with Gasteiger partial charge in [0.1, 0.15) is 0 Å².